The van der Waals surface area contributed by atoms with Crippen LogP contribution >= 0.6 is 23.2 Å². The molecule has 2 aromatic carbocycles. The maximum atomic E-state index is 6.21. The Bertz CT molecular complexity index is 558. The Balaban J connectivity index is 2.13. The molecule has 0 bridgehead atoms. The van der Waals surface area contributed by atoms with Crippen LogP contribution in [-0.4, -0.2) is 6.54 Å². The van der Waals surface area contributed by atoms with Crippen LogP contribution < -0.4 is 10.1 Å². The predicted molar refractivity (Wildman–Crippen MR) is 80.4 cm³/mol. The Kier molecular flexibility index (Phi) is 5.08. The minimum Gasteiger partial charge on any atom is -0.456 e. The summed E-state index contributed by atoms with van der Waals surface area (Å²) in [5.74, 6) is 1.30. The third-order valence-corrected chi connectivity index (χ3v) is 3.13. The highest BCUT2D eigenvalue weighted by Crippen LogP contribution is 2.31. The highest BCUT2D eigenvalue weighted by molar-refractivity contribution is 6.32. The lowest BCUT2D eigenvalue weighted by Crippen LogP contribution is -2.11. The summed E-state index contributed by atoms with van der Waals surface area (Å²) in [5.41, 5.74) is 1.13. The van der Waals surface area contributed by atoms with Crippen molar-refractivity contribution in [3.05, 3.63) is 58.1 Å². The summed E-state index contributed by atoms with van der Waals surface area (Å²) in [6.07, 6.45) is 0. The monoisotopic (exact) mass is 295 g/mol. The highest BCUT2D eigenvalue weighted by Gasteiger charge is 2.05. The van der Waals surface area contributed by atoms with Crippen molar-refractivity contribution >= 4 is 23.2 Å². The Labute approximate surface area is 123 Å². The second kappa shape index (κ2) is 6.80. The third-order valence-electron chi connectivity index (χ3n) is 2.60. The fourth-order valence-electron chi connectivity index (χ4n) is 1.66. The van der Waals surface area contributed by atoms with E-state index < -0.39 is 0 Å². The normalized spacial score (nSPS) is 10.5. The van der Waals surface area contributed by atoms with Gasteiger partial charge in [-0.2, -0.15) is 0 Å². The molecule has 0 aliphatic carbocycles. The molecule has 0 aliphatic rings. The first kappa shape index (κ1) is 14.2. The van der Waals surface area contributed by atoms with Gasteiger partial charge in [-0.25, -0.2) is 0 Å². The number of nitrogens with one attached hydrogen (secondary N) is 1. The molecular formula is C15H15Cl2NO. The summed E-state index contributed by atoms with van der Waals surface area (Å²) in [7, 11) is 0. The summed E-state index contributed by atoms with van der Waals surface area (Å²) in [5, 5.41) is 4.48. The first-order chi connectivity index (χ1) is 9.19. The Hall–Kier alpha value is -1.22. The van der Waals surface area contributed by atoms with Crippen molar-refractivity contribution in [3.8, 4) is 11.5 Å². The summed E-state index contributed by atoms with van der Waals surface area (Å²) >= 11 is 12.1. The van der Waals surface area contributed by atoms with Crippen LogP contribution in [0, 0.1) is 0 Å². The summed E-state index contributed by atoms with van der Waals surface area (Å²) in [6.45, 7) is 3.80. The van der Waals surface area contributed by atoms with Crippen LogP contribution in [0.25, 0.3) is 0 Å². The van der Waals surface area contributed by atoms with Crippen molar-refractivity contribution in [1.82, 2.24) is 5.32 Å². The molecule has 0 amide bonds. The van der Waals surface area contributed by atoms with E-state index in [1.807, 2.05) is 30.3 Å². The number of halogens is 2. The smallest absolute Gasteiger partial charge is 0.146 e. The molecule has 19 heavy (non-hydrogen) atoms. The largest absolute Gasteiger partial charge is 0.456 e. The number of ether oxygens (including phenoxy) is 1. The van der Waals surface area contributed by atoms with Crippen LogP contribution in [0.15, 0.2) is 42.5 Å². The van der Waals surface area contributed by atoms with Gasteiger partial charge in [0.1, 0.15) is 11.5 Å². The zero-order valence-electron chi connectivity index (χ0n) is 10.6. The molecule has 0 atom stereocenters. The van der Waals surface area contributed by atoms with Gasteiger partial charge in [0.25, 0.3) is 0 Å². The van der Waals surface area contributed by atoms with Crippen LogP contribution in [0.3, 0.4) is 0 Å². The fourth-order valence-corrected chi connectivity index (χ4v) is 2.09. The second-order valence-electron chi connectivity index (χ2n) is 4.10. The second-order valence-corrected chi connectivity index (χ2v) is 4.95. The summed E-state index contributed by atoms with van der Waals surface area (Å²) in [6, 6.07) is 13.0. The minimum absolute atomic E-state index is 0.593. The minimum atomic E-state index is 0.593. The van der Waals surface area contributed by atoms with Crippen molar-refractivity contribution in [2.45, 2.75) is 13.5 Å². The molecule has 0 saturated heterocycles. The van der Waals surface area contributed by atoms with Crippen LogP contribution in [0.2, 0.25) is 10.0 Å². The molecule has 0 fully saturated rings. The molecular weight excluding hydrogens is 281 g/mol. The quantitative estimate of drug-likeness (QED) is 0.847. The van der Waals surface area contributed by atoms with Crippen LogP contribution in [0.1, 0.15) is 12.5 Å². The third kappa shape index (κ3) is 4.13. The van der Waals surface area contributed by atoms with Gasteiger partial charge in [0, 0.05) is 11.6 Å². The average Bonchev–Trinajstić information content (AvgIpc) is 2.39. The molecule has 0 radical (unpaired) electrons. The standard InChI is InChI=1S/C15H15Cl2NO/c1-2-18-10-11-6-7-15(14(17)8-11)19-13-5-3-4-12(16)9-13/h3-9,18H,2,10H2,1H3. The molecule has 0 saturated carbocycles. The van der Waals surface area contributed by atoms with Gasteiger partial charge < -0.3 is 10.1 Å². The van der Waals surface area contributed by atoms with E-state index in [1.165, 1.54) is 0 Å². The van der Waals surface area contributed by atoms with E-state index in [2.05, 4.69) is 12.2 Å². The van der Waals surface area contributed by atoms with Gasteiger partial charge in [0.2, 0.25) is 0 Å². The summed E-state index contributed by atoms with van der Waals surface area (Å²) < 4.78 is 5.71. The van der Waals surface area contributed by atoms with E-state index in [4.69, 9.17) is 27.9 Å². The van der Waals surface area contributed by atoms with Gasteiger partial charge in [0.05, 0.1) is 5.02 Å². The lowest BCUT2D eigenvalue weighted by Gasteiger charge is -2.09. The lowest BCUT2D eigenvalue weighted by molar-refractivity contribution is 0.482. The molecule has 0 spiro atoms. The molecule has 0 aromatic heterocycles. The SMILES string of the molecule is CCNCc1ccc(Oc2cccc(Cl)c2)c(Cl)c1. The molecule has 1 N–H and O–H groups in total. The van der Waals surface area contributed by atoms with Crippen LogP contribution in [0.5, 0.6) is 11.5 Å². The van der Waals surface area contributed by atoms with Crippen molar-refractivity contribution in [2.24, 2.45) is 0 Å². The fraction of sp³-hybridized carbons (Fsp3) is 0.200. The van der Waals surface area contributed by atoms with E-state index in [1.54, 1.807) is 12.1 Å². The van der Waals surface area contributed by atoms with Gasteiger partial charge in [-0.1, -0.05) is 42.3 Å². The van der Waals surface area contributed by atoms with Crippen molar-refractivity contribution in [1.29, 1.82) is 0 Å². The van der Waals surface area contributed by atoms with E-state index in [0.29, 0.717) is 21.5 Å². The van der Waals surface area contributed by atoms with Crippen molar-refractivity contribution in [3.63, 3.8) is 0 Å². The molecule has 100 valence electrons. The predicted octanol–water partition coefficient (Wildman–Crippen LogP) is 4.90. The number of hydrogen-bond acceptors (Lipinski definition) is 2. The van der Waals surface area contributed by atoms with Gasteiger partial charge in [-0.05, 0) is 42.4 Å². The van der Waals surface area contributed by atoms with Gasteiger partial charge >= 0.3 is 0 Å². The zero-order valence-corrected chi connectivity index (χ0v) is 12.1. The first-order valence-electron chi connectivity index (χ1n) is 6.11. The molecule has 2 nitrogen and oxygen atoms in total. The average molecular weight is 296 g/mol. The van der Waals surface area contributed by atoms with Crippen molar-refractivity contribution < 1.29 is 4.74 Å². The first-order valence-corrected chi connectivity index (χ1v) is 6.87. The molecule has 4 heteroatoms. The number of hydrogen-bond donors (Lipinski definition) is 1. The van der Waals surface area contributed by atoms with Crippen LogP contribution in [-0.2, 0) is 6.54 Å². The van der Waals surface area contributed by atoms with Crippen LogP contribution in [0.4, 0.5) is 0 Å². The lowest BCUT2D eigenvalue weighted by atomic mass is 10.2. The van der Waals surface area contributed by atoms with E-state index in [-0.39, 0.29) is 0 Å². The molecule has 0 heterocycles. The van der Waals surface area contributed by atoms with E-state index in [0.717, 1.165) is 18.7 Å². The van der Waals surface area contributed by atoms with Crippen molar-refractivity contribution in [2.75, 3.05) is 6.54 Å². The molecule has 2 aromatic rings. The van der Waals surface area contributed by atoms with E-state index in [9.17, 15) is 0 Å². The Morgan fingerprint density at radius 3 is 2.63 bits per heavy atom. The Morgan fingerprint density at radius 2 is 1.95 bits per heavy atom. The molecule has 2 rings (SSSR count). The zero-order chi connectivity index (χ0) is 13.7. The topological polar surface area (TPSA) is 21.3 Å². The van der Waals surface area contributed by atoms with Gasteiger partial charge in [-0.15, -0.1) is 0 Å². The van der Waals surface area contributed by atoms with Gasteiger partial charge in [-0.3, -0.25) is 0 Å². The number of rotatable bonds is 5. The van der Waals surface area contributed by atoms with E-state index >= 15 is 0 Å². The van der Waals surface area contributed by atoms with Gasteiger partial charge in [0.15, 0.2) is 0 Å². The number of benzene rings is 2. The highest BCUT2D eigenvalue weighted by atomic mass is 35.5. The maximum absolute atomic E-state index is 6.21. The summed E-state index contributed by atoms with van der Waals surface area (Å²) in [4.78, 5) is 0. The molecule has 0 aliphatic heterocycles. The Morgan fingerprint density at radius 1 is 1.11 bits per heavy atom. The molecule has 0 unspecified atom stereocenters. The maximum Gasteiger partial charge on any atom is 0.146 e.